The molecule has 1 amide bonds. The number of thiophene rings is 1. The van der Waals surface area contributed by atoms with Crippen molar-refractivity contribution in [2.45, 2.75) is 12.5 Å². The van der Waals surface area contributed by atoms with Crippen LogP contribution >= 0.6 is 11.3 Å². The predicted molar refractivity (Wildman–Crippen MR) is 94.8 cm³/mol. The average molecular weight is 346 g/mol. The molecule has 6 heteroatoms. The van der Waals surface area contributed by atoms with Crippen molar-refractivity contribution in [3.05, 3.63) is 34.7 Å². The summed E-state index contributed by atoms with van der Waals surface area (Å²) < 4.78 is 12.9. The average Bonchev–Trinajstić information content (AvgIpc) is 2.78. The molecule has 1 aromatic carbocycles. The molecule has 2 aliphatic heterocycles. The number of nitrogens with zero attached hydrogens (tertiary/aromatic N) is 1. The normalized spacial score (nSPS) is 25.1. The minimum Gasteiger partial charge on any atom is -0.377 e. The lowest BCUT2D eigenvalue weighted by Crippen LogP contribution is -2.59. The first kappa shape index (κ1) is 16.0. The molecule has 1 N–H and O–H groups in total. The molecular weight excluding hydrogens is 324 g/mol. The Hall–Kier alpha value is -1.47. The Labute approximate surface area is 145 Å². The number of hydrogen-bond acceptors (Lipinski definition) is 5. The second-order valence-corrected chi connectivity index (χ2v) is 7.59. The third kappa shape index (κ3) is 2.84. The van der Waals surface area contributed by atoms with Crippen LogP contribution in [0.15, 0.2) is 24.3 Å². The summed E-state index contributed by atoms with van der Waals surface area (Å²) in [6.45, 7) is 6.58. The van der Waals surface area contributed by atoms with Crippen molar-refractivity contribution in [1.29, 1.82) is 0 Å². The number of carbonyl (C=O) groups is 1. The van der Waals surface area contributed by atoms with Crippen LogP contribution in [0.5, 0.6) is 0 Å². The van der Waals surface area contributed by atoms with Crippen molar-refractivity contribution in [3.63, 3.8) is 0 Å². The Bertz CT molecular complexity index is 750. The van der Waals surface area contributed by atoms with Crippen molar-refractivity contribution >= 4 is 27.3 Å². The monoisotopic (exact) mass is 346 g/mol. The molecule has 128 valence electrons. The van der Waals surface area contributed by atoms with Gasteiger partial charge in [-0.25, -0.2) is 0 Å². The van der Waals surface area contributed by atoms with Crippen LogP contribution in [0.2, 0.25) is 0 Å². The summed E-state index contributed by atoms with van der Waals surface area (Å²) >= 11 is 1.59. The van der Waals surface area contributed by atoms with E-state index in [1.807, 2.05) is 24.0 Å². The maximum Gasteiger partial charge on any atom is 0.264 e. The molecule has 5 nitrogen and oxygen atoms in total. The van der Waals surface area contributed by atoms with Crippen LogP contribution in [0.1, 0.15) is 15.2 Å². The van der Waals surface area contributed by atoms with Gasteiger partial charge in [0, 0.05) is 24.3 Å². The van der Waals surface area contributed by atoms with E-state index in [1.165, 1.54) is 10.1 Å². The van der Waals surface area contributed by atoms with Crippen molar-refractivity contribution in [1.82, 2.24) is 10.2 Å². The van der Waals surface area contributed by atoms with Crippen molar-refractivity contribution in [2.75, 3.05) is 46.0 Å². The van der Waals surface area contributed by atoms with Crippen LogP contribution in [0.25, 0.3) is 10.1 Å². The number of hydrogen-bond donors (Lipinski definition) is 1. The minimum absolute atomic E-state index is 0.112. The number of fused-ring (bicyclic) bond motifs is 1. The summed E-state index contributed by atoms with van der Waals surface area (Å²) in [5, 5.41) is 4.53. The molecular formula is C18H22N2O3S. The highest BCUT2D eigenvalue weighted by atomic mass is 32.1. The summed E-state index contributed by atoms with van der Waals surface area (Å²) in [5.41, 5.74) is 0.658. The van der Waals surface area contributed by atoms with Gasteiger partial charge in [0.15, 0.2) is 0 Å². The van der Waals surface area contributed by atoms with Crippen LogP contribution in [-0.2, 0) is 9.47 Å². The fraction of sp³-hybridized carbons (Fsp3) is 0.500. The van der Waals surface area contributed by atoms with E-state index in [9.17, 15) is 4.79 Å². The highest BCUT2D eigenvalue weighted by Gasteiger charge is 2.40. The molecule has 2 saturated heterocycles. The Morgan fingerprint density at radius 1 is 1.33 bits per heavy atom. The number of benzene rings is 1. The molecule has 0 aliphatic carbocycles. The van der Waals surface area contributed by atoms with Gasteiger partial charge in [-0.15, -0.1) is 11.3 Å². The summed E-state index contributed by atoms with van der Waals surface area (Å²) in [4.78, 5) is 15.9. The summed E-state index contributed by atoms with van der Waals surface area (Å²) in [5.74, 6) is 0.112. The van der Waals surface area contributed by atoms with Crippen LogP contribution in [-0.4, -0.2) is 62.4 Å². The lowest BCUT2D eigenvalue weighted by Gasteiger charge is -2.41. The molecule has 2 aromatic rings. The van der Waals surface area contributed by atoms with Crippen LogP contribution in [0, 0.1) is 6.92 Å². The Balaban J connectivity index is 1.60. The summed E-state index contributed by atoms with van der Waals surface area (Å²) in [6, 6.07) is 8.20. The van der Waals surface area contributed by atoms with Crippen molar-refractivity contribution in [2.24, 2.45) is 0 Å². The number of aryl methyl sites for hydroxylation is 1. The van der Waals surface area contributed by atoms with Gasteiger partial charge < -0.3 is 19.7 Å². The number of ether oxygens (including phenoxy) is 2. The SMILES string of the molecule is Cc1c(C(=O)N2CCO[C@@]3(CNCCOC3)C2)sc2ccccc12. The molecule has 1 atom stereocenters. The van der Waals surface area contributed by atoms with Crippen LogP contribution in [0.4, 0.5) is 0 Å². The number of amides is 1. The maximum atomic E-state index is 13.1. The maximum absolute atomic E-state index is 13.1. The van der Waals surface area contributed by atoms with Crippen LogP contribution in [0.3, 0.4) is 0 Å². The van der Waals surface area contributed by atoms with E-state index in [-0.39, 0.29) is 5.91 Å². The fourth-order valence-corrected chi connectivity index (χ4v) is 4.68. The van der Waals surface area contributed by atoms with Gasteiger partial charge in [0.25, 0.3) is 5.91 Å². The van der Waals surface area contributed by atoms with Gasteiger partial charge in [-0.05, 0) is 23.9 Å². The van der Waals surface area contributed by atoms with E-state index in [4.69, 9.17) is 9.47 Å². The van der Waals surface area contributed by atoms with Gasteiger partial charge in [0.05, 0.1) is 31.2 Å². The van der Waals surface area contributed by atoms with Gasteiger partial charge >= 0.3 is 0 Å². The lowest BCUT2D eigenvalue weighted by atomic mass is 10.0. The van der Waals surface area contributed by atoms with Gasteiger partial charge in [-0.1, -0.05) is 18.2 Å². The van der Waals surface area contributed by atoms with Gasteiger partial charge in [0.2, 0.25) is 0 Å². The standard InChI is InChI=1S/C18H22N2O3S/c1-13-14-4-2-3-5-15(14)24-16(13)17(21)20-7-9-23-18(11-20)10-19-6-8-22-12-18/h2-5,19H,6-12H2,1H3/t18-/m0/s1. The smallest absolute Gasteiger partial charge is 0.264 e. The molecule has 3 heterocycles. The van der Waals surface area contributed by atoms with Crippen LogP contribution < -0.4 is 5.32 Å². The predicted octanol–water partition coefficient (Wildman–Crippen LogP) is 2.04. The second-order valence-electron chi connectivity index (χ2n) is 6.54. The Morgan fingerprint density at radius 2 is 2.21 bits per heavy atom. The second kappa shape index (κ2) is 6.44. The van der Waals surface area contributed by atoms with Gasteiger partial charge in [-0.3, -0.25) is 4.79 Å². The largest absolute Gasteiger partial charge is 0.377 e. The van der Waals surface area contributed by atoms with E-state index in [2.05, 4.69) is 17.4 Å². The number of rotatable bonds is 1. The molecule has 0 saturated carbocycles. The zero-order chi connectivity index (χ0) is 16.6. The molecule has 4 rings (SSSR count). The van der Waals surface area contributed by atoms with Crippen molar-refractivity contribution < 1.29 is 14.3 Å². The molecule has 2 aliphatic rings. The summed E-state index contributed by atoms with van der Waals surface area (Å²) in [7, 11) is 0. The topological polar surface area (TPSA) is 50.8 Å². The molecule has 24 heavy (non-hydrogen) atoms. The van der Waals surface area contributed by atoms with E-state index in [1.54, 1.807) is 11.3 Å². The quantitative estimate of drug-likeness (QED) is 0.859. The Kier molecular flexibility index (Phi) is 4.30. The summed E-state index contributed by atoms with van der Waals surface area (Å²) in [6.07, 6.45) is 0. The fourth-order valence-electron chi connectivity index (χ4n) is 3.50. The molecule has 0 radical (unpaired) electrons. The lowest BCUT2D eigenvalue weighted by molar-refractivity contribution is -0.125. The van der Waals surface area contributed by atoms with E-state index >= 15 is 0 Å². The highest BCUT2D eigenvalue weighted by Crippen LogP contribution is 2.32. The third-order valence-corrected chi connectivity index (χ3v) is 6.07. The first-order chi connectivity index (χ1) is 11.7. The third-order valence-electron chi connectivity index (χ3n) is 4.81. The number of morpholine rings is 1. The Morgan fingerprint density at radius 3 is 3.08 bits per heavy atom. The zero-order valence-electron chi connectivity index (χ0n) is 13.8. The molecule has 1 aromatic heterocycles. The van der Waals surface area contributed by atoms with E-state index < -0.39 is 5.60 Å². The van der Waals surface area contributed by atoms with Crippen molar-refractivity contribution in [3.8, 4) is 0 Å². The molecule has 2 fully saturated rings. The first-order valence-electron chi connectivity index (χ1n) is 8.38. The molecule has 0 unspecified atom stereocenters. The number of carbonyl (C=O) groups excluding carboxylic acids is 1. The van der Waals surface area contributed by atoms with Gasteiger partial charge in [0.1, 0.15) is 5.60 Å². The minimum atomic E-state index is -0.422. The zero-order valence-corrected chi connectivity index (χ0v) is 14.7. The highest BCUT2D eigenvalue weighted by molar-refractivity contribution is 7.21. The molecule has 1 spiro atoms. The first-order valence-corrected chi connectivity index (χ1v) is 9.20. The van der Waals surface area contributed by atoms with Gasteiger partial charge in [-0.2, -0.15) is 0 Å². The van der Waals surface area contributed by atoms with E-state index in [0.29, 0.717) is 32.9 Å². The molecule has 0 bridgehead atoms. The number of nitrogens with one attached hydrogen (secondary N) is 1. The van der Waals surface area contributed by atoms with E-state index in [0.717, 1.165) is 23.5 Å².